The third kappa shape index (κ3) is 7.25. The highest BCUT2D eigenvalue weighted by Crippen LogP contribution is 2.43. The van der Waals surface area contributed by atoms with Crippen molar-refractivity contribution in [2.24, 2.45) is 0 Å². The number of hydrogen-bond acceptors (Lipinski definition) is 2. The molecular weight excluding hydrogens is 837 g/mol. The van der Waals surface area contributed by atoms with Crippen LogP contribution in [0, 0.1) is 0 Å². The van der Waals surface area contributed by atoms with Gasteiger partial charge in [0.25, 0.3) is 0 Å². The molecule has 0 aliphatic rings. The molecule has 0 aliphatic heterocycles. The van der Waals surface area contributed by atoms with Crippen molar-refractivity contribution in [3.63, 3.8) is 0 Å². The molecule has 0 unspecified atom stereocenters. The Morgan fingerprint density at radius 2 is 0.754 bits per heavy atom. The van der Waals surface area contributed by atoms with Crippen LogP contribution in [-0.4, -0.2) is 4.57 Å². The zero-order chi connectivity index (χ0) is 45.7. The molecule has 0 fully saturated rings. The third-order valence-electron chi connectivity index (χ3n) is 13.6. The topological polar surface area (TPSA) is 21.3 Å². The van der Waals surface area contributed by atoms with Crippen molar-refractivity contribution in [2.45, 2.75) is 0 Å². The molecule has 0 atom stereocenters. The number of furan rings is 1. The molecule has 69 heavy (non-hydrogen) atoms. The Morgan fingerprint density at radius 3 is 1.46 bits per heavy atom. The molecule has 0 amide bonds. The number of rotatable bonds is 9. The first-order valence-electron chi connectivity index (χ1n) is 23.6. The monoisotopic (exact) mass is 880 g/mol. The molecule has 0 saturated heterocycles. The van der Waals surface area contributed by atoms with Gasteiger partial charge in [0, 0.05) is 44.2 Å². The van der Waals surface area contributed by atoms with Crippen molar-refractivity contribution in [2.75, 3.05) is 4.90 Å². The summed E-state index contributed by atoms with van der Waals surface area (Å²) in [5.74, 6) is 0. The van der Waals surface area contributed by atoms with E-state index >= 15 is 0 Å². The number of aromatic nitrogens is 1. The summed E-state index contributed by atoms with van der Waals surface area (Å²) < 4.78 is 8.72. The van der Waals surface area contributed by atoms with Gasteiger partial charge in [0.15, 0.2) is 0 Å². The molecule has 3 nitrogen and oxygen atoms in total. The summed E-state index contributed by atoms with van der Waals surface area (Å²) in [7, 11) is 0. The number of anilines is 3. The van der Waals surface area contributed by atoms with E-state index in [4.69, 9.17) is 4.42 Å². The minimum atomic E-state index is 0.886. The highest BCUT2D eigenvalue weighted by molar-refractivity contribution is 6.09. The fourth-order valence-electron chi connectivity index (χ4n) is 10.2. The molecule has 13 aromatic rings. The molecular formula is C66H44N2O. The van der Waals surface area contributed by atoms with E-state index in [1.165, 1.54) is 44.1 Å². The lowest BCUT2D eigenvalue weighted by Crippen LogP contribution is -2.11. The predicted molar refractivity (Wildman–Crippen MR) is 290 cm³/mol. The van der Waals surface area contributed by atoms with E-state index in [1.54, 1.807) is 0 Å². The van der Waals surface area contributed by atoms with Gasteiger partial charge in [-0.25, -0.2) is 0 Å². The van der Waals surface area contributed by atoms with Gasteiger partial charge in [0.1, 0.15) is 11.2 Å². The molecule has 324 valence electrons. The van der Waals surface area contributed by atoms with E-state index in [9.17, 15) is 0 Å². The smallest absolute Gasteiger partial charge is 0.136 e. The fraction of sp³-hybridized carbons (Fsp3) is 0. The van der Waals surface area contributed by atoms with Gasteiger partial charge in [-0.2, -0.15) is 0 Å². The first kappa shape index (κ1) is 40.1. The van der Waals surface area contributed by atoms with E-state index in [0.29, 0.717) is 0 Å². The summed E-state index contributed by atoms with van der Waals surface area (Å²) in [5, 5.41) is 4.79. The van der Waals surface area contributed by atoms with Gasteiger partial charge in [0.2, 0.25) is 0 Å². The summed E-state index contributed by atoms with van der Waals surface area (Å²) >= 11 is 0. The normalized spacial score (nSPS) is 11.5. The van der Waals surface area contributed by atoms with Crippen molar-refractivity contribution in [3.05, 3.63) is 267 Å². The second kappa shape index (κ2) is 16.9. The summed E-state index contributed by atoms with van der Waals surface area (Å²) in [5.41, 5.74) is 20.2. The van der Waals surface area contributed by atoms with Crippen LogP contribution in [0.25, 0.3) is 105 Å². The number of hydrogen-bond donors (Lipinski definition) is 0. The van der Waals surface area contributed by atoms with Gasteiger partial charge in [-0.1, -0.05) is 194 Å². The van der Waals surface area contributed by atoms with E-state index in [1.807, 2.05) is 12.1 Å². The van der Waals surface area contributed by atoms with Crippen LogP contribution >= 0.6 is 0 Å². The highest BCUT2D eigenvalue weighted by Gasteiger charge is 2.19. The lowest BCUT2D eigenvalue weighted by molar-refractivity contribution is 0.669. The van der Waals surface area contributed by atoms with Crippen molar-refractivity contribution in [1.29, 1.82) is 0 Å². The zero-order valence-electron chi connectivity index (χ0n) is 37.7. The SMILES string of the molecule is c1ccc(-c2ccc(-c3ccccc3N(c3ccc(-c4ccc(-c5cccc(-n6c7ccccc7c7ccccc76)c5)cc4)cc3)c3cccc(-c4ccc5c(c4)oc4ccccc45)c3)cc2)cc1. The van der Waals surface area contributed by atoms with Gasteiger partial charge in [-0.15, -0.1) is 0 Å². The second-order valence-electron chi connectivity index (χ2n) is 17.7. The summed E-state index contributed by atoms with van der Waals surface area (Å²) in [6, 6.07) is 96.1. The molecule has 3 heteroatoms. The van der Waals surface area contributed by atoms with Gasteiger partial charge < -0.3 is 13.9 Å². The third-order valence-corrected chi connectivity index (χ3v) is 13.6. The van der Waals surface area contributed by atoms with Crippen LogP contribution in [0.1, 0.15) is 0 Å². The molecule has 13 rings (SSSR count). The number of para-hydroxylation sites is 4. The Bertz CT molecular complexity index is 3940. The Labute approximate surface area is 401 Å². The van der Waals surface area contributed by atoms with Crippen LogP contribution in [0.4, 0.5) is 17.1 Å². The molecule has 0 spiro atoms. The molecule has 0 saturated carbocycles. The van der Waals surface area contributed by atoms with Crippen molar-refractivity contribution >= 4 is 60.8 Å². The number of nitrogens with zero attached hydrogens (tertiary/aromatic N) is 2. The second-order valence-corrected chi connectivity index (χ2v) is 17.7. The molecule has 2 aromatic heterocycles. The van der Waals surface area contributed by atoms with E-state index in [0.717, 1.165) is 78.1 Å². The summed E-state index contributed by atoms with van der Waals surface area (Å²) in [6.45, 7) is 0. The maximum Gasteiger partial charge on any atom is 0.136 e. The summed E-state index contributed by atoms with van der Waals surface area (Å²) in [4.78, 5) is 2.39. The minimum absolute atomic E-state index is 0.886. The van der Waals surface area contributed by atoms with Crippen LogP contribution in [-0.2, 0) is 0 Å². The van der Waals surface area contributed by atoms with E-state index in [-0.39, 0.29) is 0 Å². The van der Waals surface area contributed by atoms with Gasteiger partial charge >= 0.3 is 0 Å². The lowest BCUT2D eigenvalue weighted by Gasteiger charge is -2.28. The zero-order valence-corrected chi connectivity index (χ0v) is 37.7. The average Bonchev–Trinajstić information content (AvgIpc) is 3.97. The quantitative estimate of drug-likeness (QED) is 0.144. The molecule has 0 bridgehead atoms. The lowest BCUT2D eigenvalue weighted by atomic mass is 9.97. The molecule has 0 N–H and O–H groups in total. The Hall–Kier alpha value is -9.18. The van der Waals surface area contributed by atoms with Crippen molar-refractivity contribution in [1.82, 2.24) is 4.57 Å². The average molecular weight is 881 g/mol. The molecule has 11 aromatic carbocycles. The van der Waals surface area contributed by atoms with Crippen molar-refractivity contribution in [3.8, 4) is 61.3 Å². The van der Waals surface area contributed by atoms with Crippen LogP contribution in [0.3, 0.4) is 0 Å². The Balaban J connectivity index is 0.858. The van der Waals surface area contributed by atoms with Crippen LogP contribution in [0.2, 0.25) is 0 Å². The summed E-state index contributed by atoms with van der Waals surface area (Å²) in [6.07, 6.45) is 0. The largest absolute Gasteiger partial charge is 0.456 e. The fourth-order valence-corrected chi connectivity index (χ4v) is 10.2. The Kier molecular flexibility index (Phi) is 9.84. The Morgan fingerprint density at radius 1 is 0.275 bits per heavy atom. The predicted octanol–water partition coefficient (Wildman–Crippen LogP) is 18.5. The van der Waals surface area contributed by atoms with E-state index < -0.39 is 0 Å². The molecule has 0 radical (unpaired) electrons. The van der Waals surface area contributed by atoms with E-state index in [2.05, 4.69) is 264 Å². The van der Waals surface area contributed by atoms with Gasteiger partial charge in [0.05, 0.1) is 16.7 Å². The maximum absolute atomic E-state index is 6.34. The molecule has 0 aliphatic carbocycles. The van der Waals surface area contributed by atoms with Gasteiger partial charge in [-0.3, -0.25) is 0 Å². The first-order chi connectivity index (χ1) is 34.2. The number of benzene rings is 11. The van der Waals surface area contributed by atoms with Crippen LogP contribution in [0.15, 0.2) is 271 Å². The number of fused-ring (bicyclic) bond motifs is 6. The van der Waals surface area contributed by atoms with Crippen LogP contribution in [0.5, 0.6) is 0 Å². The first-order valence-corrected chi connectivity index (χ1v) is 23.6. The van der Waals surface area contributed by atoms with Crippen LogP contribution < -0.4 is 4.90 Å². The minimum Gasteiger partial charge on any atom is -0.456 e. The highest BCUT2D eigenvalue weighted by atomic mass is 16.3. The van der Waals surface area contributed by atoms with Gasteiger partial charge in [-0.05, 0) is 123 Å². The van der Waals surface area contributed by atoms with Crippen molar-refractivity contribution < 1.29 is 4.42 Å². The maximum atomic E-state index is 6.34. The molecule has 2 heterocycles. The standard InChI is InChI=1S/C66H44N2O/c1-2-14-45(15-3-1)46-32-34-50(35-33-46)57-20-4-8-24-62(57)67(55-18-13-17-52(43-55)53-38-41-61-60-23-7-11-27-65(60)69-66(61)44-53)54-39-36-48(37-40-54)47-28-30-49(31-29-47)51-16-12-19-56(42-51)68-63-25-9-5-21-58(63)59-22-6-10-26-64(59)68/h1-44H.